The van der Waals surface area contributed by atoms with Crippen LogP contribution in [0.4, 0.5) is 11.4 Å². The minimum atomic E-state index is -1.82. The van der Waals surface area contributed by atoms with Gasteiger partial charge in [0.2, 0.25) is 0 Å². The second-order valence-corrected chi connectivity index (χ2v) is 7.61. The summed E-state index contributed by atoms with van der Waals surface area (Å²) < 4.78 is 0. The lowest BCUT2D eigenvalue weighted by atomic mass is 10.2. The summed E-state index contributed by atoms with van der Waals surface area (Å²) in [7, 11) is 2.14. The van der Waals surface area contributed by atoms with Crippen molar-refractivity contribution in [3.63, 3.8) is 0 Å². The van der Waals surface area contributed by atoms with Gasteiger partial charge in [-0.1, -0.05) is 36.0 Å². The van der Waals surface area contributed by atoms with E-state index in [0.717, 1.165) is 26.1 Å². The largest absolute Gasteiger partial charge is 0.473 e. The molecule has 1 aliphatic heterocycles. The number of alkyl halides is 1. The van der Waals surface area contributed by atoms with E-state index in [1.165, 1.54) is 21.2 Å². The lowest BCUT2D eigenvalue weighted by Crippen LogP contribution is -2.27. The molecule has 0 atom stereocenters. The zero-order valence-electron chi connectivity index (χ0n) is 15.5. The third-order valence-corrected chi connectivity index (χ3v) is 5.40. The highest BCUT2D eigenvalue weighted by Gasteiger charge is 2.22. The molecular weight excluding hydrogens is 400 g/mol. The third-order valence-electron chi connectivity index (χ3n) is 4.10. The van der Waals surface area contributed by atoms with Crippen LogP contribution in [0.2, 0.25) is 0 Å². The van der Waals surface area contributed by atoms with Crippen LogP contribution in [0.25, 0.3) is 0 Å². The van der Waals surface area contributed by atoms with Gasteiger partial charge in [0.1, 0.15) is 0 Å². The minimum Gasteiger partial charge on any atom is -0.473 e. The van der Waals surface area contributed by atoms with Crippen molar-refractivity contribution in [3.8, 4) is 0 Å². The molecule has 8 heteroatoms. The first-order chi connectivity index (χ1) is 13.4. The van der Waals surface area contributed by atoms with Gasteiger partial charge in [-0.25, -0.2) is 9.59 Å². The van der Waals surface area contributed by atoms with Crippen molar-refractivity contribution >= 4 is 46.7 Å². The summed E-state index contributed by atoms with van der Waals surface area (Å²) in [5.74, 6) is -2.95. The van der Waals surface area contributed by atoms with Crippen LogP contribution < -0.4 is 4.90 Å². The van der Waals surface area contributed by atoms with Crippen LogP contribution in [0.3, 0.4) is 0 Å². The standard InChI is InChI=1S/C18H21ClN2S.C2H2O4/c1-20(14-11-19)12-6-13-21-15-7-2-4-9-17(15)22-18-10-5-3-8-16(18)21;3-1(4)2(5)6/h2-5,7-10H,6,11-14H2,1H3;(H,3,4)(H,5,6). The molecule has 0 spiro atoms. The first-order valence-electron chi connectivity index (χ1n) is 8.78. The summed E-state index contributed by atoms with van der Waals surface area (Å²) in [6, 6.07) is 17.4. The molecule has 3 rings (SSSR count). The Bertz CT molecular complexity index is 761. The average Bonchev–Trinajstić information content (AvgIpc) is 2.68. The summed E-state index contributed by atoms with van der Waals surface area (Å²) >= 11 is 7.67. The first kappa shape index (κ1) is 22.1. The number of anilines is 2. The van der Waals surface area contributed by atoms with Gasteiger partial charge < -0.3 is 20.0 Å². The van der Waals surface area contributed by atoms with Crippen molar-refractivity contribution in [2.24, 2.45) is 0 Å². The zero-order chi connectivity index (χ0) is 20.5. The fraction of sp³-hybridized carbons (Fsp3) is 0.300. The fourth-order valence-corrected chi connectivity index (χ4v) is 4.16. The van der Waals surface area contributed by atoms with E-state index in [9.17, 15) is 0 Å². The number of carboxylic acids is 2. The molecule has 2 N–H and O–H groups in total. The maximum absolute atomic E-state index is 9.10. The number of para-hydroxylation sites is 2. The van der Waals surface area contributed by atoms with Crippen LogP contribution in [-0.4, -0.2) is 59.6 Å². The average molecular weight is 423 g/mol. The molecule has 28 heavy (non-hydrogen) atoms. The van der Waals surface area contributed by atoms with E-state index in [0.29, 0.717) is 5.88 Å². The first-order valence-corrected chi connectivity index (χ1v) is 10.1. The predicted molar refractivity (Wildman–Crippen MR) is 112 cm³/mol. The second kappa shape index (κ2) is 10.9. The SMILES string of the molecule is CN(CCCl)CCCN1c2ccccc2Sc2ccccc21.O=C(O)C(=O)O. The van der Waals surface area contributed by atoms with Crippen molar-refractivity contribution < 1.29 is 19.8 Å². The van der Waals surface area contributed by atoms with Crippen LogP contribution in [0, 0.1) is 0 Å². The molecule has 0 bridgehead atoms. The summed E-state index contributed by atoms with van der Waals surface area (Å²) in [5.41, 5.74) is 2.65. The number of carboxylic acid groups (broad SMARTS) is 2. The molecule has 2 aromatic rings. The Balaban J connectivity index is 0.000000409. The Morgan fingerprint density at radius 2 is 1.46 bits per heavy atom. The van der Waals surface area contributed by atoms with Crippen LogP contribution >= 0.6 is 23.4 Å². The number of fused-ring (bicyclic) bond motifs is 2. The van der Waals surface area contributed by atoms with Crippen LogP contribution in [0.5, 0.6) is 0 Å². The molecular formula is C20H23ClN2O4S. The van der Waals surface area contributed by atoms with Gasteiger partial charge in [0, 0.05) is 28.8 Å². The number of carbonyl (C=O) groups is 2. The van der Waals surface area contributed by atoms with E-state index in [4.69, 9.17) is 31.4 Å². The van der Waals surface area contributed by atoms with E-state index in [2.05, 4.69) is 65.4 Å². The molecule has 0 amide bonds. The Labute approximate surface area is 173 Å². The number of halogens is 1. The molecule has 0 aromatic heterocycles. The highest BCUT2D eigenvalue weighted by atomic mass is 35.5. The van der Waals surface area contributed by atoms with Crippen LogP contribution in [-0.2, 0) is 9.59 Å². The van der Waals surface area contributed by atoms with Gasteiger partial charge in [-0.15, -0.1) is 11.6 Å². The molecule has 150 valence electrons. The lowest BCUT2D eigenvalue weighted by molar-refractivity contribution is -0.159. The van der Waals surface area contributed by atoms with Gasteiger partial charge in [0.05, 0.1) is 11.4 Å². The van der Waals surface area contributed by atoms with Gasteiger partial charge >= 0.3 is 11.9 Å². The minimum absolute atomic E-state index is 0.697. The summed E-state index contributed by atoms with van der Waals surface area (Å²) in [4.78, 5) is 25.6. The summed E-state index contributed by atoms with van der Waals surface area (Å²) in [6.45, 7) is 3.05. The maximum atomic E-state index is 9.10. The molecule has 0 unspecified atom stereocenters. The van der Waals surface area contributed by atoms with Gasteiger partial charge in [-0.2, -0.15) is 0 Å². The van der Waals surface area contributed by atoms with Crippen LogP contribution in [0.15, 0.2) is 58.3 Å². The second-order valence-electron chi connectivity index (χ2n) is 6.15. The van der Waals surface area contributed by atoms with Crippen molar-refractivity contribution in [1.29, 1.82) is 0 Å². The van der Waals surface area contributed by atoms with Crippen molar-refractivity contribution in [1.82, 2.24) is 4.90 Å². The van der Waals surface area contributed by atoms with Gasteiger partial charge in [0.25, 0.3) is 0 Å². The van der Waals surface area contributed by atoms with Crippen LogP contribution in [0.1, 0.15) is 6.42 Å². The monoisotopic (exact) mass is 422 g/mol. The van der Waals surface area contributed by atoms with E-state index in [-0.39, 0.29) is 0 Å². The van der Waals surface area contributed by atoms with E-state index >= 15 is 0 Å². The molecule has 1 aliphatic rings. The van der Waals surface area contributed by atoms with E-state index in [1.807, 2.05) is 11.8 Å². The summed E-state index contributed by atoms with van der Waals surface area (Å²) in [5, 5.41) is 14.8. The van der Waals surface area contributed by atoms with Gasteiger partial charge in [-0.05, 0) is 44.3 Å². The van der Waals surface area contributed by atoms with Crippen molar-refractivity contribution in [3.05, 3.63) is 48.5 Å². The molecule has 0 radical (unpaired) electrons. The summed E-state index contributed by atoms with van der Waals surface area (Å²) in [6.07, 6.45) is 1.13. The molecule has 0 aliphatic carbocycles. The molecule has 2 aromatic carbocycles. The maximum Gasteiger partial charge on any atom is 0.414 e. The Morgan fingerprint density at radius 1 is 0.964 bits per heavy atom. The molecule has 0 saturated heterocycles. The van der Waals surface area contributed by atoms with Crippen molar-refractivity contribution in [2.75, 3.05) is 37.5 Å². The smallest absolute Gasteiger partial charge is 0.414 e. The normalized spacial score (nSPS) is 11.9. The predicted octanol–water partition coefficient (Wildman–Crippen LogP) is 4.01. The van der Waals surface area contributed by atoms with E-state index < -0.39 is 11.9 Å². The van der Waals surface area contributed by atoms with E-state index in [1.54, 1.807) is 0 Å². The number of hydrogen-bond donors (Lipinski definition) is 2. The van der Waals surface area contributed by atoms with Gasteiger partial charge in [0.15, 0.2) is 0 Å². The number of rotatable bonds is 6. The molecule has 0 fully saturated rings. The highest BCUT2D eigenvalue weighted by Crippen LogP contribution is 2.47. The number of nitrogens with zero attached hydrogens (tertiary/aromatic N) is 2. The molecule has 0 saturated carbocycles. The Morgan fingerprint density at radius 3 is 1.93 bits per heavy atom. The topological polar surface area (TPSA) is 81.1 Å². The Hall–Kier alpha value is -2.22. The van der Waals surface area contributed by atoms with Gasteiger partial charge in [-0.3, -0.25) is 0 Å². The molecule has 6 nitrogen and oxygen atoms in total. The highest BCUT2D eigenvalue weighted by molar-refractivity contribution is 7.99. The van der Waals surface area contributed by atoms with Crippen molar-refractivity contribution in [2.45, 2.75) is 16.2 Å². The molecule has 1 heterocycles. The fourth-order valence-electron chi connectivity index (χ4n) is 2.78. The zero-order valence-corrected chi connectivity index (χ0v) is 17.1. The third kappa shape index (κ3) is 6.15. The Kier molecular flexibility index (Phi) is 8.63. The number of benzene rings is 2. The lowest BCUT2D eigenvalue weighted by Gasteiger charge is -2.33. The quantitative estimate of drug-likeness (QED) is 0.537. The number of aliphatic carboxylic acids is 2. The number of hydrogen-bond acceptors (Lipinski definition) is 5.